The van der Waals surface area contributed by atoms with E-state index in [0.717, 1.165) is 0 Å². The molecule has 0 aromatic heterocycles. The molecule has 0 saturated carbocycles. The van der Waals surface area contributed by atoms with Gasteiger partial charge in [-0.25, -0.2) is 8.78 Å². The van der Waals surface area contributed by atoms with Crippen LogP contribution in [0.5, 0.6) is 5.75 Å². The highest BCUT2D eigenvalue weighted by atomic mass is 35.5. The van der Waals surface area contributed by atoms with Gasteiger partial charge in [-0.3, -0.25) is 4.79 Å². The summed E-state index contributed by atoms with van der Waals surface area (Å²) in [5, 5.41) is 2.57. The number of ether oxygens (including phenoxy) is 1. The van der Waals surface area contributed by atoms with Gasteiger partial charge in [0.2, 0.25) is 0 Å². The zero-order valence-corrected chi connectivity index (χ0v) is 10.2. The maximum Gasteiger partial charge on any atom is 0.277 e. The number of nitrogens with one attached hydrogen (secondary N) is 1. The predicted octanol–water partition coefficient (Wildman–Crippen LogP) is 1.43. The highest BCUT2D eigenvalue weighted by Gasteiger charge is 2.27. The summed E-state index contributed by atoms with van der Waals surface area (Å²) in [4.78, 5) is 11.2. The van der Waals surface area contributed by atoms with E-state index < -0.39 is 24.9 Å². The van der Waals surface area contributed by atoms with Gasteiger partial charge in [-0.2, -0.15) is 0 Å². The maximum absolute atomic E-state index is 12.7. The third kappa shape index (κ3) is 5.29. The molecule has 1 rings (SSSR count). The van der Waals surface area contributed by atoms with E-state index in [9.17, 15) is 13.6 Å². The molecule has 0 saturated heterocycles. The van der Waals surface area contributed by atoms with Crippen LogP contribution in [-0.2, 0) is 4.79 Å². The monoisotopic (exact) mass is 278 g/mol. The lowest BCUT2D eigenvalue weighted by Gasteiger charge is -2.14. The molecule has 0 heterocycles. The average Bonchev–Trinajstić information content (AvgIpc) is 2.36. The van der Waals surface area contributed by atoms with Crippen LogP contribution in [0, 0.1) is 0 Å². The first-order chi connectivity index (χ1) is 8.43. The van der Waals surface area contributed by atoms with Gasteiger partial charge < -0.3 is 15.8 Å². The molecule has 100 valence electrons. The Balaban J connectivity index is 2.31. The molecule has 0 atom stereocenters. The molecule has 0 aliphatic carbocycles. The average molecular weight is 279 g/mol. The molecule has 1 aromatic rings. The lowest BCUT2D eigenvalue weighted by molar-refractivity contribution is -0.124. The number of nitrogens with two attached hydrogens (primary N) is 1. The number of amides is 1. The largest absolute Gasteiger partial charge is 0.484 e. The Kier molecular flexibility index (Phi) is 5.30. The van der Waals surface area contributed by atoms with E-state index in [1.165, 1.54) is 0 Å². The number of carbonyl (C=O) groups excluding carboxylic acids is 1. The smallest absolute Gasteiger partial charge is 0.277 e. The molecule has 0 unspecified atom stereocenters. The van der Waals surface area contributed by atoms with Gasteiger partial charge in [0.1, 0.15) is 5.75 Å². The van der Waals surface area contributed by atoms with Crippen molar-refractivity contribution in [3.63, 3.8) is 0 Å². The number of hydrogen-bond acceptors (Lipinski definition) is 3. The van der Waals surface area contributed by atoms with Gasteiger partial charge in [0, 0.05) is 5.02 Å². The number of hydrogen-bond donors (Lipinski definition) is 2. The fourth-order valence-corrected chi connectivity index (χ4v) is 1.16. The molecular formula is C11H13ClF2N2O2. The Morgan fingerprint density at radius 3 is 2.56 bits per heavy atom. The third-order valence-electron chi connectivity index (χ3n) is 2.03. The van der Waals surface area contributed by atoms with E-state index in [-0.39, 0.29) is 6.61 Å². The van der Waals surface area contributed by atoms with Gasteiger partial charge in [0.05, 0.1) is 13.1 Å². The van der Waals surface area contributed by atoms with Crippen molar-refractivity contribution >= 4 is 17.5 Å². The predicted molar refractivity (Wildman–Crippen MR) is 64.0 cm³/mol. The first kappa shape index (κ1) is 14.7. The molecule has 1 aromatic carbocycles. The zero-order chi connectivity index (χ0) is 13.6. The van der Waals surface area contributed by atoms with Crippen molar-refractivity contribution in [1.82, 2.24) is 5.32 Å². The SMILES string of the molecule is NCC(F)(F)CNC(=O)COc1ccc(Cl)cc1. The molecule has 4 nitrogen and oxygen atoms in total. The van der Waals surface area contributed by atoms with Crippen LogP contribution in [0.4, 0.5) is 8.78 Å². The molecule has 1 amide bonds. The number of rotatable bonds is 6. The Hall–Kier alpha value is -1.40. The normalized spacial score (nSPS) is 11.1. The fraction of sp³-hybridized carbons (Fsp3) is 0.364. The van der Waals surface area contributed by atoms with Crippen LogP contribution >= 0.6 is 11.6 Å². The van der Waals surface area contributed by atoms with Crippen molar-refractivity contribution in [1.29, 1.82) is 0 Å². The second kappa shape index (κ2) is 6.51. The van der Waals surface area contributed by atoms with Crippen molar-refractivity contribution in [2.24, 2.45) is 5.73 Å². The van der Waals surface area contributed by atoms with Gasteiger partial charge in [-0.05, 0) is 24.3 Å². The molecular weight excluding hydrogens is 266 g/mol. The Bertz CT molecular complexity index is 399. The lowest BCUT2D eigenvalue weighted by Crippen LogP contribution is -2.42. The first-order valence-electron chi connectivity index (χ1n) is 5.16. The second-order valence-corrected chi connectivity index (χ2v) is 4.02. The molecule has 0 spiro atoms. The van der Waals surface area contributed by atoms with Crippen molar-refractivity contribution in [2.75, 3.05) is 19.7 Å². The van der Waals surface area contributed by atoms with Crippen LogP contribution in [0.25, 0.3) is 0 Å². The summed E-state index contributed by atoms with van der Waals surface area (Å²) in [6, 6.07) is 6.34. The van der Waals surface area contributed by atoms with Gasteiger partial charge in [0.15, 0.2) is 6.61 Å². The van der Waals surface area contributed by atoms with Crippen LogP contribution in [0.1, 0.15) is 0 Å². The number of benzene rings is 1. The molecule has 7 heteroatoms. The topological polar surface area (TPSA) is 64.3 Å². The van der Waals surface area contributed by atoms with E-state index in [1.807, 2.05) is 5.32 Å². The minimum atomic E-state index is -3.10. The number of alkyl halides is 2. The van der Waals surface area contributed by atoms with Crippen LogP contribution in [0.2, 0.25) is 5.02 Å². The van der Waals surface area contributed by atoms with Crippen molar-refractivity contribution in [3.8, 4) is 5.75 Å². The summed E-state index contributed by atoms with van der Waals surface area (Å²) in [7, 11) is 0. The van der Waals surface area contributed by atoms with Gasteiger partial charge in [0.25, 0.3) is 11.8 Å². The van der Waals surface area contributed by atoms with Crippen molar-refractivity contribution in [2.45, 2.75) is 5.92 Å². The highest BCUT2D eigenvalue weighted by molar-refractivity contribution is 6.30. The zero-order valence-electron chi connectivity index (χ0n) is 9.46. The summed E-state index contributed by atoms with van der Waals surface area (Å²) in [6.07, 6.45) is 0. The van der Waals surface area contributed by atoms with Crippen molar-refractivity contribution in [3.05, 3.63) is 29.3 Å². The Labute approximate surface area is 108 Å². The van der Waals surface area contributed by atoms with Gasteiger partial charge in [-0.1, -0.05) is 11.6 Å². The molecule has 18 heavy (non-hydrogen) atoms. The highest BCUT2D eigenvalue weighted by Crippen LogP contribution is 2.15. The van der Waals surface area contributed by atoms with Crippen molar-refractivity contribution < 1.29 is 18.3 Å². The minimum Gasteiger partial charge on any atom is -0.484 e. The molecule has 0 bridgehead atoms. The lowest BCUT2D eigenvalue weighted by atomic mass is 10.3. The summed E-state index contributed by atoms with van der Waals surface area (Å²) < 4.78 is 30.5. The fourth-order valence-electron chi connectivity index (χ4n) is 1.03. The summed E-state index contributed by atoms with van der Waals surface area (Å²) >= 11 is 5.66. The molecule has 0 aliphatic heterocycles. The standard InChI is InChI=1S/C11H13ClF2N2O2/c12-8-1-3-9(4-2-8)18-5-10(17)16-7-11(13,14)6-15/h1-4H,5-7,15H2,(H,16,17). The molecule has 0 fully saturated rings. The summed E-state index contributed by atoms with van der Waals surface area (Å²) in [5.74, 6) is -3.31. The molecule has 3 N–H and O–H groups in total. The summed E-state index contributed by atoms with van der Waals surface area (Å²) in [6.45, 7) is -1.96. The van der Waals surface area contributed by atoms with Crippen LogP contribution in [0.3, 0.4) is 0 Å². The van der Waals surface area contributed by atoms with E-state index in [1.54, 1.807) is 24.3 Å². The summed E-state index contributed by atoms with van der Waals surface area (Å²) in [5.41, 5.74) is 4.83. The first-order valence-corrected chi connectivity index (χ1v) is 5.54. The van der Waals surface area contributed by atoms with Gasteiger partial charge >= 0.3 is 0 Å². The van der Waals surface area contributed by atoms with Crippen LogP contribution in [-0.4, -0.2) is 31.5 Å². The third-order valence-corrected chi connectivity index (χ3v) is 2.28. The van der Waals surface area contributed by atoms with E-state index in [4.69, 9.17) is 22.1 Å². The Morgan fingerprint density at radius 2 is 2.00 bits per heavy atom. The minimum absolute atomic E-state index is 0.345. The van der Waals surface area contributed by atoms with E-state index in [2.05, 4.69) is 0 Å². The van der Waals surface area contributed by atoms with Crippen LogP contribution in [0.15, 0.2) is 24.3 Å². The Morgan fingerprint density at radius 1 is 1.39 bits per heavy atom. The van der Waals surface area contributed by atoms with Crippen LogP contribution < -0.4 is 15.8 Å². The maximum atomic E-state index is 12.7. The van der Waals surface area contributed by atoms with E-state index >= 15 is 0 Å². The number of halogens is 3. The number of carbonyl (C=O) groups is 1. The quantitative estimate of drug-likeness (QED) is 0.827. The van der Waals surface area contributed by atoms with E-state index in [0.29, 0.717) is 10.8 Å². The second-order valence-electron chi connectivity index (χ2n) is 3.58. The molecule has 0 radical (unpaired) electrons. The molecule has 0 aliphatic rings. The van der Waals surface area contributed by atoms with Gasteiger partial charge in [-0.15, -0.1) is 0 Å².